The smallest absolute Gasteiger partial charge is 0.221 e. The third-order valence-electron chi connectivity index (χ3n) is 3.66. The van der Waals surface area contributed by atoms with Crippen molar-refractivity contribution in [3.8, 4) is 11.5 Å². The number of nitrogen functional groups attached to an aromatic ring is 1. The standard InChI is InChI=1S/C17H22N4O4/c1-12-11-21(17(18)20-12)19-10-13-3-4-14(22-2)15(9-13)23-6-5-16-24-7-8-25-16/h3-4,9-11,16H,5-8H2,1-2H3,(H2,18,20). The Bertz CT molecular complexity index is 738. The maximum atomic E-state index is 5.82. The maximum absolute atomic E-state index is 5.82. The molecule has 0 amide bonds. The van der Waals surface area contributed by atoms with Crippen molar-refractivity contribution in [2.75, 3.05) is 32.7 Å². The number of nitrogens with two attached hydrogens (primary N) is 1. The van der Waals surface area contributed by atoms with Gasteiger partial charge < -0.3 is 24.7 Å². The SMILES string of the molecule is COc1ccc(C=Nn2cc(C)nc2N)cc1OCCC1OCCO1. The number of imidazole rings is 1. The Balaban J connectivity index is 1.67. The van der Waals surface area contributed by atoms with Crippen molar-refractivity contribution in [3.63, 3.8) is 0 Å². The van der Waals surface area contributed by atoms with Crippen LogP contribution >= 0.6 is 0 Å². The molecule has 0 aliphatic carbocycles. The number of hydrogen-bond acceptors (Lipinski definition) is 7. The van der Waals surface area contributed by atoms with E-state index < -0.39 is 0 Å². The van der Waals surface area contributed by atoms with Gasteiger partial charge in [0.2, 0.25) is 5.95 Å². The molecule has 2 heterocycles. The van der Waals surface area contributed by atoms with Crippen LogP contribution in [-0.4, -0.2) is 49.1 Å². The van der Waals surface area contributed by atoms with Gasteiger partial charge in [0.1, 0.15) is 0 Å². The molecule has 1 aromatic carbocycles. The number of methoxy groups -OCH3 is 1. The fraction of sp³-hybridized carbons (Fsp3) is 0.412. The van der Waals surface area contributed by atoms with Crippen molar-refractivity contribution >= 4 is 12.2 Å². The van der Waals surface area contributed by atoms with Crippen LogP contribution in [0.15, 0.2) is 29.5 Å². The summed E-state index contributed by atoms with van der Waals surface area (Å²) in [5.74, 6) is 1.64. The molecule has 134 valence electrons. The lowest BCUT2D eigenvalue weighted by atomic mass is 10.2. The van der Waals surface area contributed by atoms with E-state index in [-0.39, 0.29) is 6.29 Å². The second-order valence-electron chi connectivity index (χ2n) is 5.55. The summed E-state index contributed by atoms with van der Waals surface area (Å²) in [5, 5.41) is 4.30. The Hall–Kier alpha value is -2.58. The van der Waals surface area contributed by atoms with Gasteiger partial charge in [-0.2, -0.15) is 5.10 Å². The van der Waals surface area contributed by atoms with Crippen LogP contribution < -0.4 is 15.2 Å². The minimum atomic E-state index is -0.191. The fourth-order valence-electron chi connectivity index (χ4n) is 2.45. The van der Waals surface area contributed by atoms with Gasteiger partial charge in [-0.05, 0) is 30.7 Å². The molecule has 1 aromatic heterocycles. The van der Waals surface area contributed by atoms with Gasteiger partial charge in [0.25, 0.3) is 0 Å². The highest BCUT2D eigenvalue weighted by Gasteiger charge is 2.16. The van der Waals surface area contributed by atoms with Crippen LogP contribution in [0.1, 0.15) is 17.7 Å². The summed E-state index contributed by atoms with van der Waals surface area (Å²) in [4.78, 5) is 4.11. The first kappa shape index (κ1) is 17.2. The first-order valence-corrected chi connectivity index (χ1v) is 8.05. The van der Waals surface area contributed by atoms with Crippen molar-refractivity contribution < 1.29 is 18.9 Å². The van der Waals surface area contributed by atoms with E-state index in [0.717, 1.165) is 11.3 Å². The molecule has 0 unspecified atom stereocenters. The molecule has 0 saturated carbocycles. The number of aryl methyl sites for hydroxylation is 1. The zero-order valence-corrected chi connectivity index (χ0v) is 14.3. The van der Waals surface area contributed by atoms with Crippen molar-refractivity contribution in [1.82, 2.24) is 9.66 Å². The summed E-state index contributed by atoms with van der Waals surface area (Å²) >= 11 is 0. The lowest BCUT2D eigenvalue weighted by Gasteiger charge is -2.13. The Kier molecular flexibility index (Phi) is 5.52. The Morgan fingerprint density at radius 3 is 2.84 bits per heavy atom. The molecule has 8 nitrogen and oxygen atoms in total. The predicted octanol–water partition coefficient (Wildman–Crippen LogP) is 1.81. The second-order valence-corrected chi connectivity index (χ2v) is 5.55. The zero-order valence-electron chi connectivity index (χ0n) is 14.3. The molecule has 1 aliphatic rings. The summed E-state index contributed by atoms with van der Waals surface area (Å²) in [6.07, 6.45) is 3.91. The van der Waals surface area contributed by atoms with E-state index in [9.17, 15) is 0 Å². The first-order chi connectivity index (χ1) is 12.2. The molecule has 3 rings (SSSR count). The second kappa shape index (κ2) is 8.00. The Morgan fingerprint density at radius 1 is 1.36 bits per heavy atom. The zero-order chi connectivity index (χ0) is 17.6. The monoisotopic (exact) mass is 346 g/mol. The van der Waals surface area contributed by atoms with Crippen LogP contribution in [0, 0.1) is 6.92 Å². The summed E-state index contributed by atoms with van der Waals surface area (Å²) < 4.78 is 23.5. The molecule has 1 aliphatic heterocycles. The normalized spacial score (nSPS) is 15.1. The topological polar surface area (TPSA) is 93.1 Å². The van der Waals surface area contributed by atoms with Gasteiger partial charge in [-0.15, -0.1) is 0 Å². The number of benzene rings is 1. The van der Waals surface area contributed by atoms with E-state index in [1.54, 1.807) is 19.5 Å². The van der Waals surface area contributed by atoms with Gasteiger partial charge in [0.05, 0.1) is 45.0 Å². The van der Waals surface area contributed by atoms with Crippen LogP contribution in [0.2, 0.25) is 0 Å². The summed E-state index contributed by atoms with van der Waals surface area (Å²) in [7, 11) is 1.61. The number of rotatable bonds is 7. The average molecular weight is 346 g/mol. The predicted molar refractivity (Wildman–Crippen MR) is 93.2 cm³/mol. The minimum Gasteiger partial charge on any atom is -0.493 e. The summed E-state index contributed by atoms with van der Waals surface area (Å²) in [5.41, 5.74) is 7.44. The molecule has 1 fully saturated rings. The summed E-state index contributed by atoms with van der Waals surface area (Å²) in [6, 6.07) is 5.58. The molecular formula is C17H22N4O4. The fourth-order valence-corrected chi connectivity index (χ4v) is 2.45. The Morgan fingerprint density at radius 2 is 2.16 bits per heavy atom. The molecule has 0 spiro atoms. The lowest BCUT2D eigenvalue weighted by molar-refractivity contribution is -0.0532. The molecule has 2 N–H and O–H groups in total. The molecule has 0 radical (unpaired) electrons. The number of hydrogen-bond donors (Lipinski definition) is 1. The van der Waals surface area contributed by atoms with Crippen LogP contribution in [0.4, 0.5) is 5.95 Å². The summed E-state index contributed by atoms with van der Waals surface area (Å²) in [6.45, 7) is 3.60. The first-order valence-electron chi connectivity index (χ1n) is 8.05. The molecular weight excluding hydrogens is 324 g/mol. The van der Waals surface area contributed by atoms with E-state index in [1.165, 1.54) is 4.68 Å². The van der Waals surface area contributed by atoms with Crippen molar-refractivity contribution in [2.24, 2.45) is 5.10 Å². The third-order valence-corrected chi connectivity index (χ3v) is 3.66. The molecule has 2 aromatic rings. The number of aromatic nitrogens is 2. The molecule has 25 heavy (non-hydrogen) atoms. The minimum absolute atomic E-state index is 0.191. The number of anilines is 1. The molecule has 0 atom stereocenters. The van der Waals surface area contributed by atoms with Gasteiger partial charge in [0.15, 0.2) is 17.8 Å². The van der Waals surface area contributed by atoms with E-state index in [0.29, 0.717) is 43.7 Å². The highest BCUT2D eigenvalue weighted by molar-refractivity contribution is 5.81. The van der Waals surface area contributed by atoms with Gasteiger partial charge in [-0.1, -0.05) is 0 Å². The third kappa shape index (κ3) is 4.49. The van der Waals surface area contributed by atoms with Crippen molar-refractivity contribution in [1.29, 1.82) is 0 Å². The van der Waals surface area contributed by atoms with Gasteiger partial charge in [-0.25, -0.2) is 9.66 Å². The van der Waals surface area contributed by atoms with Crippen molar-refractivity contribution in [3.05, 3.63) is 35.7 Å². The van der Waals surface area contributed by atoms with Crippen LogP contribution in [0.3, 0.4) is 0 Å². The number of nitrogens with zero attached hydrogens (tertiary/aromatic N) is 3. The van der Waals surface area contributed by atoms with Crippen molar-refractivity contribution in [2.45, 2.75) is 19.6 Å². The maximum Gasteiger partial charge on any atom is 0.221 e. The average Bonchev–Trinajstić information content (AvgIpc) is 3.22. The molecule has 0 bridgehead atoms. The highest BCUT2D eigenvalue weighted by atomic mass is 16.7. The largest absolute Gasteiger partial charge is 0.493 e. The van der Waals surface area contributed by atoms with E-state index in [4.69, 9.17) is 24.7 Å². The van der Waals surface area contributed by atoms with Crippen LogP contribution in [0.25, 0.3) is 0 Å². The van der Waals surface area contributed by atoms with Gasteiger partial charge >= 0.3 is 0 Å². The Labute approximate surface area is 146 Å². The van der Waals surface area contributed by atoms with Crippen LogP contribution in [0.5, 0.6) is 11.5 Å². The quantitative estimate of drug-likeness (QED) is 0.769. The number of ether oxygens (including phenoxy) is 4. The van der Waals surface area contributed by atoms with E-state index in [1.807, 2.05) is 25.1 Å². The molecule has 1 saturated heterocycles. The van der Waals surface area contributed by atoms with Gasteiger partial charge in [0, 0.05) is 6.42 Å². The van der Waals surface area contributed by atoms with E-state index >= 15 is 0 Å². The molecule has 8 heteroatoms. The van der Waals surface area contributed by atoms with E-state index in [2.05, 4.69) is 10.1 Å². The highest BCUT2D eigenvalue weighted by Crippen LogP contribution is 2.28. The van der Waals surface area contributed by atoms with Gasteiger partial charge in [-0.3, -0.25) is 0 Å². The lowest BCUT2D eigenvalue weighted by Crippen LogP contribution is -2.13. The van der Waals surface area contributed by atoms with Crippen LogP contribution in [-0.2, 0) is 9.47 Å².